The Morgan fingerprint density at radius 3 is 2.71 bits per heavy atom. The van der Waals surface area contributed by atoms with E-state index in [2.05, 4.69) is 23.1 Å². The summed E-state index contributed by atoms with van der Waals surface area (Å²) in [6.45, 7) is 0.136. The van der Waals surface area contributed by atoms with E-state index in [9.17, 15) is 0 Å². The maximum atomic E-state index is 9.02. The first-order chi connectivity index (χ1) is 6.70. The molecule has 1 N–H and O–H groups in total. The molecule has 0 aliphatic rings. The Labute approximate surface area is 87.4 Å². The fourth-order valence-electron chi connectivity index (χ4n) is 1.44. The second-order valence-corrected chi connectivity index (χ2v) is 4.66. The van der Waals surface area contributed by atoms with Gasteiger partial charge in [-0.1, -0.05) is 0 Å². The molecule has 2 rings (SSSR count). The normalized spacial score (nSPS) is 10.8. The molecular weight excluding hydrogens is 194 g/mol. The summed E-state index contributed by atoms with van der Waals surface area (Å²) in [5, 5.41) is 10.2. The second-order valence-electron chi connectivity index (χ2n) is 3.49. The number of aliphatic hydroxyl groups is 1. The Morgan fingerprint density at radius 1 is 1.29 bits per heavy atom. The summed E-state index contributed by atoms with van der Waals surface area (Å²) >= 11 is 1.65. The highest BCUT2D eigenvalue weighted by atomic mass is 32.1. The van der Waals surface area contributed by atoms with Crippen molar-refractivity contribution in [3.05, 3.63) is 29.1 Å². The van der Waals surface area contributed by atoms with Crippen molar-refractivity contribution < 1.29 is 5.11 Å². The summed E-state index contributed by atoms with van der Waals surface area (Å²) in [5.41, 5.74) is 1.19. The largest absolute Gasteiger partial charge is 0.391 e. The minimum atomic E-state index is 0.136. The molecule has 2 nitrogen and oxygen atoms in total. The van der Waals surface area contributed by atoms with Gasteiger partial charge in [0.1, 0.15) is 0 Å². The van der Waals surface area contributed by atoms with Crippen LogP contribution >= 0.6 is 11.3 Å². The maximum Gasteiger partial charge on any atom is 0.0774 e. The monoisotopic (exact) mass is 207 g/mol. The van der Waals surface area contributed by atoms with Gasteiger partial charge in [-0.25, -0.2) is 0 Å². The lowest BCUT2D eigenvalue weighted by molar-refractivity contribution is 0.285. The topological polar surface area (TPSA) is 23.5 Å². The van der Waals surface area contributed by atoms with Gasteiger partial charge in [-0.15, -0.1) is 11.3 Å². The highest BCUT2D eigenvalue weighted by Crippen LogP contribution is 2.28. The van der Waals surface area contributed by atoms with Gasteiger partial charge in [-0.3, -0.25) is 0 Å². The molecule has 0 fully saturated rings. The first-order valence-electron chi connectivity index (χ1n) is 4.51. The van der Waals surface area contributed by atoms with E-state index in [4.69, 9.17) is 5.11 Å². The molecule has 0 amide bonds. The lowest BCUT2D eigenvalue weighted by atomic mass is 10.2. The van der Waals surface area contributed by atoms with Gasteiger partial charge in [-0.05, 0) is 29.7 Å². The smallest absolute Gasteiger partial charge is 0.0774 e. The van der Waals surface area contributed by atoms with Crippen molar-refractivity contribution in [2.45, 2.75) is 6.61 Å². The third kappa shape index (κ3) is 1.61. The molecule has 0 aliphatic carbocycles. The van der Waals surface area contributed by atoms with Crippen molar-refractivity contribution in [1.29, 1.82) is 0 Å². The summed E-state index contributed by atoms with van der Waals surface area (Å²) in [4.78, 5) is 3.10. The van der Waals surface area contributed by atoms with Crippen LogP contribution in [0.5, 0.6) is 0 Å². The zero-order valence-corrected chi connectivity index (χ0v) is 9.14. The molecule has 74 valence electrons. The Kier molecular flexibility index (Phi) is 2.44. The van der Waals surface area contributed by atoms with Gasteiger partial charge in [0.2, 0.25) is 0 Å². The van der Waals surface area contributed by atoms with E-state index in [1.807, 2.05) is 20.2 Å². The van der Waals surface area contributed by atoms with E-state index in [1.54, 1.807) is 11.3 Å². The van der Waals surface area contributed by atoms with Gasteiger partial charge < -0.3 is 10.0 Å². The van der Waals surface area contributed by atoms with Gasteiger partial charge in [0, 0.05) is 29.4 Å². The van der Waals surface area contributed by atoms with Crippen LogP contribution in [-0.2, 0) is 6.61 Å². The van der Waals surface area contributed by atoms with Gasteiger partial charge in [0.15, 0.2) is 0 Å². The third-order valence-electron chi connectivity index (χ3n) is 2.22. The first-order valence-corrected chi connectivity index (χ1v) is 5.33. The number of anilines is 1. The molecule has 0 saturated carbocycles. The number of thiophene rings is 1. The standard InChI is InChI=1S/C11H13NOS/c1-12(2)9-3-4-11-8(5-9)6-10(7-13)14-11/h3-6,13H,7H2,1-2H3. The Morgan fingerprint density at radius 2 is 2.07 bits per heavy atom. The van der Waals surface area contributed by atoms with Crippen molar-refractivity contribution in [2.24, 2.45) is 0 Å². The lowest BCUT2D eigenvalue weighted by Crippen LogP contribution is -2.07. The van der Waals surface area contributed by atoms with Crippen LogP contribution in [0.2, 0.25) is 0 Å². The predicted octanol–water partition coefficient (Wildman–Crippen LogP) is 2.46. The Balaban J connectivity index is 2.54. The van der Waals surface area contributed by atoms with Crippen LogP contribution in [0, 0.1) is 0 Å². The molecule has 2 aromatic rings. The minimum Gasteiger partial charge on any atom is -0.391 e. The van der Waals surface area contributed by atoms with E-state index >= 15 is 0 Å². The summed E-state index contributed by atoms with van der Waals surface area (Å²) in [6, 6.07) is 8.40. The molecule has 14 heavy (non-hydrogen) atoms. The molecule has 0 aliphatic heterocycles. The average molecular weight is 207 g/mol. The number of rotatable bonds is 2. The highest BCUT2D eigenvalue weighted by molar-refractivity contribution is 7.19. The molecule has 0 saturated heterocycles. The number of benzene rings is 1. The molecular formula is C11H13NOS. The van der Waals surface area contributed by atoms with E-state index in [-0.39, 0.29) is 6.61 Å². The molecule has 0 radical (unpaired) electrons. The lowest BCUT2D eigenvalue weighted by Gasteiger charge is -2.11. The third-order valence-corrected chi connectivity index (χ3v) is 3.32. The van der Waals surface area contributed by atoms with Crippen LogP contribution in [0.1, 0.15) is 4.88 Å². The number of nitrogens with zero attached hydrogens (tertiary/aromatic N) is 1. The molecule has 0 atom stereocenters. The zero-order chi connectivity index (χ0) is 10.1. The Hall–Kier alpha value is -1.06. The van der Waals surface area contributed by atoms with Crippen molar-refractivity contribution in [3.8, 4) is 0 Å². The number of hydrogen-bond acceptors (Lipinski definition) is 3. The average Bonchev–Trinajstić information content (AvgIpc) is 2.58. The van der Waals surface area contributed by atoms with Crippen LogP contribution < -0.4 is 4.90 Å². The van der Waals surface area contributed by atoms with Crippen LogP contribution in [0.3, 0.4) is 0 Å². The van der Waals surface area contributed by atoms with Crippen LogP contribution in [0.4, 0.5) is 5.69 Å². The van der Waals surface area contributed by atoms with Crippen LogP contribution in [0.15, 0.2) is 24.3 Å². The fourth-order valence-corrected chi connectivity index (χ4v) is 2.35. The van der Waals surface area contributed by atoms with E-state index in [1.165, 1.54) is 15.8 Å². The van der Waals surface area contributed by atoms with E-state index < -0.39 is 0 Å². The number of fused-ring (bicyclic) bond motifs is 1. The zero-order valence-electron chi connectivity index (χ0n) is 8.32. The molecule has 1 aromatic carbocycles. The van der Waals surface area contributed by atoms with Gasteiger partial charge >= 0.3 is 0 Å². The Bertz CT molecular complexity index is 447. The maximum absolute atomic E-state index is 9.02. The van der Waals surface area contributed by atoms with Crippen LogP contribution in [-0.4, -0.2) is 19.2 Å². The van der Waals surface area contributed by atoms with Gasteiger partial charge in [-0.2, -0.15) is 0 Å². The van der Waals surface area contributed by atoms with Crippen molar-refractivity contribution in [3.63, 3.8) is 0 Å². The fraction of sp³-hybridized carbons (Fsp3) is 0.273. The van der Waals surface area contributed by atoms with Crippen molar-refractivity contribution in [1.82, 2.24) is 0 Å². The van der Waals surface area contributed by atoms with E-state index in [0.29, 0.717) is 0 Å². The molecule has 3 heteroatoms. The minimum absolute atomic E-state index is 0.136. The van der Waals surface area contributed by atoms with Crippen molar-refractivity contribution in [2.75, 3.05) is 19.0 Å². The summed E-state index contributed by atoms with van der Waals surface area (Å²) in [5.74, 6) is 0. The first kappa shape index (κ1) is 9.49. The molecule has 1 aromatic heterocycles. The SMILES string of the molecule is CN(C)c1ccc2sc(CO)cc2c1. The summed E-state index contributed by atoms with van der Waals surface area (Å²) in [7, 11) is 4.06. The van der Waals surface area contributed by atoms with Gasteiger partial charge in [0.25, 0.3) is 0 Å². The van der Waals surface area contributed by atoms with Crippen LogP contribution in [0.25, 0.3) is 10.1 Å². The molecule has 1 heterocycles. The predicted molar refractivity (Wildman–Crippen MR) is 62.1 cm³/mol. The summed E-state index contributed by atoms with van der Waals surface area (Å²) in [6.07, 6.45) is 0. The number of hydrogen-bond donors (Lipinski definition) is 1. The highest BCUT2D eigenvalue weighted by Gasteiger charge is 2.02. The summed E-state index contributed by atoms with van der Waals surface area (Å²) < 4.78 is 1.24. The molecule has 0 bridgehead atoms. The number of aliphatic hydroxyl groups excluding tert-OH is 1. The van der Waals surface area contributed by atoms with E-state index in [0.717, 1.165) is 4.88 Å². The quantitative estimate of drug-likeness (QED) is 0.817. The van der Waals surface area contributed by atoms with Crippen molar-refractivity contribution >= 4 is 27.1 Å². The molecule has 0 unspecified atom stereocenters. The van der Waals surface area contributed by atoms with Gasteiger partial charge in [0.05, 0.1) is 6.61 Å². The molecule has 0 spiro atoms. The second kappa shape index (κ2) is 3.59.